The van der Waals surface area contributed by atoms with E-state index in [1.807, 2.05) is 6.26 Å². The minimum Gasteiger partial charge on any atom is -0.378 e. The van der Waals surface area contributed by atoms with E-state index in [9.17, 15) is 4.79 Å². The summed E-state index contributed by atoms with van der Waals surface area (Å²) in [6.45, 7) is 3.84. The third-order valence-electron chi connectivity index (χ3n) is 4.35. The zero-order valence-corrected chi connectivity index (χ0v) is 16.2. The Hall–Kier alpha value is -2.79. The summed E-state index contributed by atoms with van der Waals surface area (Å²) >= 11 is 1.49. The summed E-state index contributed by atoms with van der Waals surface area (Å²) in [4.78, 5) is 31.5. The van der Waals surface area contributed by atoms with E-state index in [-0.39, 0.29) is 11.6 Å². The molecule has 1 saturated heterocycles. The zero-order valence-electron chi connectivity index (χ0n) is 15.4. The Balaban J connectivity index is 1.52. The second-order valence-electron chi connectivity index (χ2n) is 6.08. The van der Waals surface area contributed by atoms with Gasteiger partial charge in [-0.1, -0.05) is 11.8 Å². The molecule has 0 aliphatic carbocycles. The number of morpholine rings is 1. The minimum atomic E-state index is -0.266. The summed E-state index contributed by atoms with van der Waals surface area (Å²) in [5.74, 6) is 0.616. The molecule has 1 aliphatic heterocycles. The van der Waals surface area contributed by atoms with Gasteiger partial charge in [-0.15, -0.1) is 0 Å². The van der Waals surface area contributed by atoms with Crippen molar-refractivity contribution in [2.75, 3.05) is 44.0 Å². The number of thioether (sulfide) groups is 1. The van der Waals surface area contributed by atoms with Crippen molar-refractivity contribution in [3.05, 3.63) is 30.5 Å². The van der Waals surface area contributed by atoms with Gasteiger partial charge < -0.3 is 15.0 Å². The van der Waals surface area contributed by atoms with E-state index < -0.39 is 0 Å². The molecule has 0 atom stereocenters. The van der Waals surface area contributed by atoms with Crippen LogP contribution in [0.4, 0.5) is 5.82 Å². The second-order valence-corrected chi connectivity index (χ2v) is 6.86. The summed E-state index contributed by atoms with van der Waals surface area (Å²) in [5, 5.41) is 8.89. The summed E-state index contributed by atoms with van der Waals surface area (Å²) < 4.78 is 7.24. The number of hydrogen-bond donors (Lipinski definition) is 1. The molecular formula is C17H20N8O2S. The Morgan fingerprint density at radius 3 is 2.86 bits per heavy atom. The van der Waals surface area contributed by atoms with Gasteiger partial charge in [-0.05, 0) is 6.26 Å². The van der Waals surface area contributed by atoms with Crippen LogP contribution in [0.2, 0.25) is 0 Å². The molecule has 0 aromatic carbocycles. The third-order valence-corrected chi connectivity index (χ3v) is 4.90. The molecule has 4 heterocycles. The maximum absolute atomic E-state index is 12.1. The van der Waals surface area contributed by atoms with E-state index in [2.05, 4.69) is 35.3 Å². The number of hydrogen-bond acceptors (Lipinski definition) is 9. The average Bonchev–Trinajstić information content (AvgIpc) is 3.17. The number of amides is 1. The molecular weight excluding hydrogens is 380 g/mol. The Kier molecular flexibility index (Phi) is 5.63. The van der Waals surface area contributed by atoms with E-state index in [0.29, 0.717) is 31.5 Å². The van der Waals surface area contributed by atoms with Crippen molar-refractivity contribution in [3.63, 3.8) is 0 Å². The molecule has 0 bridgehead atoms. The molecule has 0 saturated carbocycles. The fourth-order valence-corrected chi connectivity index (χ4v) is 3.33. The van der Waals surface area contributed by atoms with Crippen LogP contribution in [-0.2, 0) is 11.3 Å². The molecule has 1 fully saturated rings. The molecule has 4 rings (SSSR count). The van der Waals surface area contributed by atoms with Crippen LogP contribution in [0.1, 0.15) is 10.5 Å². The molecule has 0 spiro atoms. The Morgan fingerprint density at radius 1 is 1.25 bits per heavy atom. The molecule has 0 unspecified atom stereocenters. The van der Waals surface area contributed by atoms with Gasteiger partial charge in [-0.2, -0.15) is 5.10 Å². The topological polar surface area (TPSA) is 111 Å². The van der Waals surface area contributed by atoms with Crippen LogP contribution in [-0.4, -0.2) is 74.7 Å². The van der Waals surface area contributed by atoms with Gasteiger partial charge in [-0.25, -0.2) is 19.6 Å². The first-order valence-electron chi connectivity index (χ1n) is 8.90. The third kappa shape index (κ3) is 3.90. The van der Waals surface area contributed by atoms with Crippen molar-refractivity contribution in [1.29, 1.82) is 0 Å². The lowest BCUT2D eigenvalue weighted by Gasteiger charge is -2.28. The number of carbonyl (C=O) groups excluding carboxylic acids is 1. The van der Waals surface area contributed by atoms with Gasteiger partial charge in [0, 0.05) is 32.0 Å². The van der Waals surface area contributed by atoms with Crippen LogP contribution in [0.15, 0.2) is 29.9 Å². The molecule has 1 N–H and O–H groups in total. The van der Waals surface area contributed by atoms with Crippen LogP contribution in [0.3, 0.4) is 0 Å². The first kappa shape index (κ1) is 18.6. The van der Waals surface area contributed by atoms with Crippen LogP contribution in [0.5, 0.6) is 0 Å². The highest BCUT2D eigenvalue weighted by Crippen LogP contribution is 2.27. The molecule has 11 heteroatoms. The number of rotatable bonds is 6. The van der Waals surface area contributed by atoms with E-state index in [1.54, 1.807) is 10.9 Å². The van der Waals surface area contributed by atoms with E-state index in [1.165, 1.54) is 30.4 Å². The number of ether oxygens (including phenoxy) is 1. The second kappa shape index (κ2) is 8.48. The molecule has 1 aliphatic rings. The largest absolute Gasteiger partial charge is 0.378 e. The van der Waals surface area contributed by atoms with Gasteiger partial charge in [0.25, 0.3) is 5.91 Å². The smallest absolute Gasteiger partial charge is 0.271 e. The normalized spacial score (nSPS) is 14.4. The quantitative estimate of drug-likeness (QED) is 0.470. The van der Waals surface area contributed by atoms with Crippen molar-refractivity contribution in [2.24, 2.45) is 0 Å². The van der Waals surface area contributed by atoms with E-state index in [0.717, 1.165) is 29.9 Å². The van der Waals surface area contributed by atoms with Crippen molar-refractivity contribution in [3.8, 4) is 0 Å². The fraction of sp³-hybridized carbons (Fsp3) is 0.412. The zero-order chi connectivity index (χ0) is 19.3. The van der Waals surface area contributed by atoms with Crippen LogP contribution in [0, 0.1) is 0 Å². The first-order valence-corrected chi connectivity index (χ1v) is 10.1. The van der Waals surface area contributed by atoms with Crippen molar-refractivity contribution in [1.82, 2.24) is 35.0 Å². The Bertz CT molecular complexity index is 958. The predicted octanol–water partition coefficient (Wildman–Crippen LogP) is 0.605. The molecule has 10 nitrogen and oxygen atoms in total. The Morgan fingerprint density at radius 2 is 2.11 bits per heavy atom. The van der Waals surface area contributed by atoms with Gasteiger partial charge >= 0.3 is 0 Å². The van der Waals surface area contributed by atoms with Crippen LogP contribution in [0.25, 0.3) is 11.0 Å². The number of nitrogens with one attached hydrogen (secondary N) is 1. The summed E-state index contributed by atoms with van der Waals surface area (Å²) in [6.07, 6.45) is 8.19. The average molecular weight is 400 g/mol. The van der Waals surface area contributed by atoms with Gasteiger partial charge in [0.15, 0.2) is 10.8 Å². The molecule has 146 valence electrons. The SMILES string of the molecule is CSc1nc(N2CCOCC2)c2cnn(CCNC(=O)c3cnccn3)c2n1. The van der Waals surface area contributed by atoms with Crippen molar-refractivity contribution >= 4 is 34.5 Å². The number of aromatic nitrogens is 6. The van der Waals surface area contributed by atoms with Crippen LogP contribution < -0.4 is 10.2 Å². The molecule has 1 amide bonds. The lowest BCUT2D eigenvalue weighted by Crippen LogP contribution is -2.37. The summed E-state index contributed by atoms with van der Waals surface area (Å²) in [6, 6.07) is 0. The number of fused-ring (bicyclic) bond motifs is 1. The fourth-order valence-electron chi connectivity index (χ4n) is 2.97. The number of nitrogens with zero attached hydrogens (tertiary/aromatic N) is 7. The Labute approximate surface area is 165 Å². The highest BCUT2D eigenvalue weighted by molar-refractivity contribution is 7.98. The molecule has 3 aromatic heterocycles. The van der Waals surface area contributed by atoms with Crippen molar-refractivity contribution < 1.29 is 9.53 Å². The first-order chi connectivity index (χ1) is 13.8. The maximum Gasteiger partial charge on any atom is 0.271 e. The summed E-state index contributed by atoms with van der Waals surface area (Å²) in [7, 11) is 0. The highest BCUT2D eigenvalue weighted by atomic mass is 32.2. The monoisotopic (exact) mass is 400 g/mol. The van der Waals surface area contributed by atoms with Crippen LogP contribution >= 0.6 is 11.8 Å². The predicted molar refractivity (Wildman–Crippen MR) is 105 cm³/mol. The number of carbonyl (C=O) groups is 1. The van der Waals surface area contributed by atoms with E-state index in [4.69, 9.17) is 4.74 Å². The number of anilines is 1. The minimum absolute atomic E-state index is 0.266. The molecule has 0 radical (unpaired) electrons. The maximum atomic E-state index is 12.1. The lowest BCUT2D eigenvalue weighted by molar-refractivity contribution is 0.0946. The standard InChI is InChI=1S/C17H20N8O2S/c1-28-17-22-14(24-6-8-27-9-7-24)12-10-21-25(15(12)23-17)5-4-20-16(26)13-11-18-2-3-19-13/h2-3,10-11H,4-9H2,1H3,(H,20,26). The van der Waals surface area contributed by atoms with Gasteiger partial charge in [0.1, 0.15) is 11.5 Å². The van der Waals surface area contributed by atoms with Gasteiger partial charge in [-0.3, -0.25) is 9.78 Å². The van der Waals surface area contributed by atoms with E-state index >= 15 is 0 Å². The van der Waals surface area contributed by atoms with Gasteiger partial charge in [0.2, 0.25) is 0 Å². The summed E-state index contributed by atoms with van der Waals surface area (Å²) in [5.41, 5.74) is 1.05. The highest BCUT2D eigenvalue weighted by Gasteiger charge is 2.20. The van der Waals surface area contributed by atoms with Gasteiger partial charge in [0.05, 0.1) is 37.5 Å². The molecule has 28 heavy (non-hydrogen) atoms. The van der Waals surface area contributed by atoms with Crippen molar-refractivity contribution in [2.45, 2.75) is 11.7 Å². The lowest BCUT2D eigenvalue weighted by atomic mass is 10.3. The molecule has 3 aromatic rings.